The van der Waals surface area contributed by atoms with E-state index in [1.807, 2.05) is 6.92 Å². The Balaban J connectivity index is 3.45. The Morgan fingerprint density at radius 3 is 2.33 bits per heavy atom. The van der Waals surface area contributed by atoms with Crippen molar-refractivity contribution in [2.45, 2.75) is 32.1 Å². The Morgan fingerprint density at radius 1 is 1.33 bits per heavy atom. The number of ether oxygens (including phenoxy) is 2. The normalized spacial score (nSPS) is 13.0. The van der Waals surface area contributed by atoms with E-state index in [2.05, 4.69) is 11.9 Å². The zero-order valence-corrected chi connectivity index (χ0v) is 10.1. The second-order valence-corrected chi connectivity index (χ2v) is 5.21. The highest BCUT2D eigenvalue weighted by atomic mass is 28.2. The molecule has 0 aromatic heterocycles. The summed E-state index contributed by atoms with van der Waals surface area (Å²) in [6.07, 6.45) is 2.47. The van der Waals surface area contributed by atoms with Crippen LogP contribution in [0.15, 0.2) is 0 Å². The summed E-state index contributed by atoms with van der Waals surface area (Å²) in [5.41, 5.74) is -0.340. The van der Waals surface area contributed by atoms with Gasteiger partial charge < -0.3 is 14.5 Å². The summed E-state index contributed by atoms with van der Waals surface area (Å²) in [7, 11) is 2.90. The zero-order valence-electron chi connectivity index (χ0n) is 8.64. The molecule has 0 heterocycles. The predicted molar refractivity (Wildman–Crippen MR) is 53.9 cm³/mol. The monoisotopic (exact) mass is 191 g/mol. The van der Waals surface area contributed by atoms with Crippen LogP contribution in [0.1, 0.15) is 26.7 Å². The van der Waals surface area contributed by atoms with Gasteiger partial charge in [-0.15, -0.1) is 0 Å². The minimum Gasteiger partial charge on any atom is -0.356 e. The van der Waals surface area contributed by atoms with Crippen molar-refractivity contribution in [3.63, 3.8) is 0 Å². The molecule has 0 aromatic rings. The van der Waals surface area contributed by atoms with Gasteiger partial charge in [-0.3, -0.25) is 0 Å². The highest BCUT2D eigenvalue weighted by Crippen LogP contribution is 2.05. The molecule has 0 radical (unpaired) electrons. The molecule has 3 nitrogen and oxygen atoms in total. The van der Waals surface area contributed by atoms with Crippen molar-refractivity contribution in [3.8, 4) is 0 Å². The SMILES string of the molecule is CCCCN[SiH2]C(C)(OC)OC. The first-order valence-electron chi connectivity index (χ1n) is 4.49. The molecule has 0 atom stereocenters. The van der Waals surface area contributed by atoms with E-state index < -0.39 is 9.68 Å². The molecule has 1 N–H and O–H groups in total. The summed E-state index contributed by atoms with van der Waals surface area (Å²) < 4.78 is 10.5. The first-order chi connectivity index (χ1) is 5.68. The van der Waals surface area contributed by atoms with Gasteiger partial charge >= 0.3 is 0 Å². The second kappa shape index (κ2) is 6.60. The Labute approximate surface area is 77.7 Å². The molecule has 0 bridgehead atoms. The van der Waals surface area contributed by atoms with Crippen LogP contribution in [0.3, 0.4) is 0 Å². The molecule has 0 amide bonds. The summed E-state index contributed by atoms with van der Waals surface area (Å²) in [6, 6.07) is 0. The molecule has 0 aromatic carbocycles. The van der Waals surface area contributed by atoms with Crippen molar-refractivity contribution < 1.29 is 9.47 Å². The molecule has 0 spiro atoms. The molecular weight excluding hydrogens is 170 g/mol. The third kappa shape index (κ3) is 4.87. The zero-order chi connectivity index (χ0) is 9.45. The molecule has 0 saturated heterocycles. The van der Waals surface area contributed by atoms with E-state index in [1.165, 1.54) is 12.8 Å². The minimum atomic E-state index is -0.486. The van der Waals surface area contributed by atoms with Crippen molar-refractivity contribution in [2.75, 3.05) is 20.8 Å². The van der Waals surface area contributed by atoms with Gasteiger partial charge in [0.1, 0.15) is 0 Å². The fourth-order valence-electron chi connectivity index (χ4n) is 0.845. The van der Waals surface area contributed by atoms with Gasteiger partial charge in [-0.2, -0.15) is 0 Å². The third-order valence-corrected chi connectivity index (χ3v) is 3.84. The molecule has 0 rings (SSSR count). The summed E-state index contributed by atoms with van der Waals surface area (Å²) in [6.45, 7) is 5.26. The van der Waals surface area contributed by atoms with Crippen LogP contribution in [0.2, 0.25) is 0 Å². The Bertz CT molecular complexity index is 107. The van der Waals surface area contributed by atoms with Gasteiger partial charge in [0.15, 0.2) is 15.1 Å². The quantitative estimate of drug-likeness (QED) is 0.359. The summed E-state index contributed by atoms with van der Waals surface area (Å²) >= 11 is 0. The predicted octanol–water partition coefficient (Wildman–Crippen LogP) is 0.426. The van der Waals surface area contributed by atoms with Crippen molar-refractivity contribution in [1.82, 2.24) is 4.98 Å². The van der Waals surface area contributed by atoms with Gasteiger partial charge in [0.05, 0.1) is 0 Å². The first kappa shape index (κ1) is 12.1. The van der Waals surface area contributed by atoms with E-state index in [-0.39, 0.29) is 5.41 Å². The van der Waals surface area contributed by atoms with Crippen LogP contribution in [0.4, 0.5) is 0 Å². The van der Waals surface area contributed by atoms with E-state index in [0.29, 0.717) is 0 Å². The molecule has 12 heavy (non-hydrogen) atoms. The molecule has 0 fully saturated rings. The topological polar surface area (TPSA) is 30.5 Å². The van der Waals surface area contributed by atoms with Crippen LogP contribution < -0.4 is 4.98 Å². The fourth-order valence-corrected chi connectivity index (χ4v) is 2.01. The van der Waals surface area contributed by atoms with E-state index in [1.54, 1.807) is 14.2 Å². The summed E-state index contributed by atoms with van der Waals surface area (Å²) in [5.74, 6) is 0. The maximum Gasteiger partial charge on any atom is 0.162 e. The van der Waals surface area contributed by atoms with Gasteiger partial charge in [-0.05, 0) is 19.9 Å². The van der Waals surface area contributed by atoms with E-state index in [0.717, 1.165) is 6.54 Å². The van der Waals surface area contributed by atoms with E-state index >= 15 is 0 Å². The lowest BCUT2D eigenvalue weighted by Gasteiger charge is -2.26. The fraction of sp³-hybridized carbons (Fsp3) is 1.00. The Morgan fingerprint density at radius 2 is 1.92 bits per heavy atom. The van der Waals surface area contributed by atoms with Crippen LogP contribution in [0, 0.1) is 0 Å². The molecule has 0 aliphatic heterocycles. The maximum absolute atomic E-state index is 5.24. The van der Waals surface area contributed by atoms with Gasteiger partial charge in [-0.25, -0.2) is 0 Å². The van der Waals surface area contributed by atoms with Crippen LogP contribution in [0.25, 0.3) is 0 Å². The summed E-state index contributed by atoms with van der Waals surface area (Å²) in [5, 5.41) is 0. The van der Waals surface area contributed by atoms with Crippen molar-refractivity contribution in [3.05, 3.63) is 0 Å². The smallest absolute Gasteiger partial charge is 0.162 e. The van der Waals surface area contributed by atoms with Crippen LogP contribution in [0.5, 0.6) is 0 Å². The van der Waals surface area contributed by atoms with Crippen LogP contribution >= 0.6 is 0 Å². The van der Waals surface area contributed by atoms with Crippen LogP contribution in [-0.4, -0.2) is 35.9 Å². The highest BCUT2D eigenvalue weighted by molar-refractivity contribution is 6.35. The van der Waals surface area contributed by atoms with Gasteiger partial charge in [0.25, 0.3) is 0 Å². The molecule has 0 aliphatic carbocycles. The minimum absolute atomic E-state index is 0.340. The van der Waals surface area contributed by atoms with Crippen molar-refractivity contribution in [1.29, 1.82) is 0 Å². The largest absolute Gasteiger partial charge is 0.356 e. The van der Waals surface area contributed by atoms with Gasteiger partial charge in [-0.1, -0.05) is 13.3 Å². The average Bonchev–Trinajstić information content (AvgIpc) is 2.12. The van der Waals surface area contributed by atoms with Gasteiger partial charge in [0, 0.05) is 14.2 Å². The number of methoxy groups -OCH3 is 2. The third-order valence-electron chi connectivity index (χ3n) is 2.02. The second-order valence-electron chi connectivity index (χ2n) is 3.07. The average molecular weight is 191 g/mol. The Hall–Kier alpha value is 0.0969. The number of rotatable bonds is 7. The lowest BCUT2D eigenvalue weighted by Crippen LogP contribution is -2.45. The Kier molecular flexibility index (Phi) is 6.65. The van der Waals surface area contributed by atoms with Gasteiger partial charge in [0.2, 0.25) is 0 Å². The van der Waals surface area contributed by atoms with Crippen LogP contribution in [-0.2, 0) is 9.47 Å². The van der Waals surface area contributed by atoms with Crippen molar-refractivity contribution in [2.24, 2.45) is 0 Å². The molecule has 0 unspecified atom stereocenters. The molecule has 4 heteroatoms. The molecule has 0 saturated carbocycles. The summed E-state index contributed by atoms with van der Waals surface area (Å²) in [4.78, 5) is 3.42. The lowest BCUT2D eigenvalue weighted by atomic mass is 10.3. The number of nitrogens with one attached hydrogen (secondary N) is 1. The lowest BCUT2D eigenvalue weighted by molar-refractivity contribution is -0.131. The van der Waals surface area contributed by atoms with Crippen molar-refractivity contribution >= 4 is 9.68 Å². The van der Waals surface area contributed by atoms with E-state index in [4.69, 9.17) is 9.47 Å². The van der Waals surface area contributed by atoms with E-state index in [9.17, 15) is 0 Å². The first-order valence-corrected chi connectivity index (χ1v) is 5.91. The highest BCUT2D eigenvalue weighted by Gasteiger charge is 2.21. The number of hydrogen-bond donors (Lipinski definition) is 1. The molecular formula is C8H21NO2Si. The molecule has 0 aliphatic rings. The maximum atomic E-state index is 5.24. The number of hydrogen-bond acceptors (Lipinski definition) is 3. The number of unbranched alkanes of at least 4 members (excludes halogenated alkanes) is 1. The molecule has 74 valence electrons. The standard InChI is InChI=1S/C8H21NO2Si/c1-5-6-7-9-12-8(2,10-3)11-4/h9H,5-7,12H2,1-4H3.